The third kappa shape index (κ3) is 34.7. The van der Waals surface area contributed by atoms with Crippen molar-refractivity contribution in [3.8, 4) is 78.8 Å². The molecule has 1 N–H and O–H groups in total. The Hall–Kier alpha value is -9.43. The van der Waals surface area contributed by atoms with E-state index >= 15 is 0 Å². The van der Waals surface area contributed by atoms with Crippen LogP contribution in [0.15, 0.2) is 231 Å². The van der Waals surface area contributed by atoms with Crippen LogP contribution in [-0.4, -0.2) is 50.9 Å². The van der Waals surface area contributed by atoms with E-state index in [0.717, 1.165) is 89.2 Å². The van der Waals surface area contributed by atoms with Crippen LogP contribution < -0.4 is 0 Å². The van der Waals surface area contributed by atoms with Crippen molar-refractivity contribution in [1.29, 1.82) is 0 Å². The Morgan fingerprint density at radius 1 is 0.270 bits per heavy atom. The van der Waals surface area contributed by atoms with Crippen LogP contribution in [0.3, 0.4) is 0 Å². The van der Waals surface area contributed by atoms with E-state index in [0.29, 0.717) is 46.7 Å². The summed E-state index contributed by atoms with van der Waals surface area (Å²) in [5.41, 5.74) is 6.82. The van der Waals surface area contributed by atoms with Gasteiger partial charge in [0.05, 0.1) is 23.3 Å². The Kier molecular flexibility index (Phi) is 49.8. The fourth-order valence-electron chi connectivity index (χ4n) is 9.46. The smallest absolute Gasteiger partial charge is 0.354 e. The molecule has 0 bridgehead atoms. The molecule has 0 saturated heterocycles. The van der Waals surface area contributed by atoms with Crippen molar-refractivity contribution in [2.75, 3.05) is 0 Å². The number of benzene rings is 7. The molecule has 122 heavy (non-hydrogen) atoms. The van der Waals surface area contributed by atoms with E-state index in [9.17, 15) is 79.4 Å². The predicted molar refractivity (Wildman–Crippen MR) is 394 cm³/mol. The van der Waals surface area contributed by atoms with E-state index in [4.69, 9.17) is 5.11 Å². The quantitative estimate of drug-likeness (QED) is 0.0888. The van der Waals surface area contributed by atoms with E-state index in [1.165, 1.54) is 36.8 Å². The average Bonchev–Trinajstić information content (AvgIpc) is 0.811. The summed E-state index contributed by atoms with van der Waals surface area (Å²) in [6.07, 6.45) is 7.26. The molecule has 8 heterocycles. The zero-order valence-electron chi connectivity index (χ0n) is 62.6. The molecule has 0 aliphatic carbocycles. The van der Waals surface area contributed by atoms with Crippen LogP contribution in [0.25, 0.3) is 78.8 Å². The number of pyridine rings is 8. The number of halogens is 17. The minimum atomic E-state index is -1.26. The van der Waals surface area contributed by atoms with E-state index in [1.54, 1.807) is 105 Å². The van der Waals surface area contributed by atoms with E-state index < -0.39 is 105 Å². The standard InChI is InChI=1S/C12H7F3N.4C12H8F2N.2C11H5F3N.C6H5NO2.7Ir/c1-7-3-2-4-12(16-7)8-5-10(14)11(15)6-9(8)13;2*1-8-4-5-15-12(6-8)10-3-2-9(13)7-11(10)14;1-8-3-2-4-12(15-8)10-7-9(13)5-6-11(10)14;1-8-3-2-4-12(15-8)10-6-5-9(13)7-11(10)14;12-7-1-2-9(10(14)5-7)11-6-8(13)3-4-15-11;12-8-6-10(14)9(13)5-7(8)11-3-1-2-4-15-11;8-6(9)5-3-1-2-4-7-5;;;;;;;/h2-4,6H,1H3;2*2,4-7H,1H3;2-6H,1H3;2-5,7H,1H3;1,3-6H;1-4,6H;1-4H,(H,8,9);;;;;;;/q7*-1;;;;;;;;. The number of aromatic nitrogens is 8. The van der Waals surface area contributed by atoms with Gasteiger partial charge >= 0.3 is 5.97 Å². The van der Waals surface area contributed by atoms with E-state index in [1.807, 2.05) is 51.1 Å². The SMILES string of the molecule is Cc1cccc(-c2[c-]c(F)c(F)cc2F)n1.Cc1cccc(-c2[c-]c(F)ccc2F)n1.Cc1cccc(-c2[c-]cc(F)cc2F)n1.Cc1ccnc(-c2[c-]cc(F)cc2F)c1.Cc1ccnc(-c2[c-]cc(F)cc2F)c1.Fc1[c-]c(-c2ccccn2)c(F)cc1F.Fc1ccnc(-c2[c-]cc(F)cc2F)c1.O=C(O)c1ccccn1.[Ir].[Ir].[Ir].[Ir].[Ir].[Ir].[Ir]. The number of aryl methyl sites for hydroxylation is 5. The molecule has 0 amide bonds. The molecule has 7 aromatic carbocycles. The normalized spacial score (nSPS) is 9.66. The largest absolute Gasteiger partial charge is 0.477 e. The van der Waals surface area contributed by atoms with Gasteiger partial charge in [0.25, 0.3) is 0 Å². The Morgan fingerprint density at radius 3 is 0.918 bits per heavy atom. The van der Waals surface area contributed by atoms with Gasteiger partial charge < -0.3 is 40.0 Å². The number of carboxylic acids is 1. The van der Waals surface area contributed by atoms with Crippen molar-refractivity contribution in [2.24, 2.45) is 0 Å². The third-order valence-electron chi connectivity index (χ3n) is 14.7. The molecule has 7 radical (unpaired) electrons. The van der Waals surface area contributed by atoms with Crippen molar-refractivity contribution in [1.82, 2.24) is 39.9 Å². The maximum absolute atomic E-state index is 13.4. The van der Waals surface area contributed by atoms with Crippen LogP contribution in [0.2, 0.25) is 0 Å². The van der Waals surface area contributed by atoms with E-state index in [-0.39, 0.29) is 202 Å². The van der Waals surface area contributed by atoms with Gasteiger partial charge in [-0.3, -0.25) is 57.1 Å². The molecule has 0 atom stereocenters. The number of rotatable bonds is 8. The molecule has 34 heteroatoms. The van der Waals surface area contributed by atoms with E-state index in [2.05, 4.69) is 70.2 Å². The first-order valence-corrected chi connectivity index (χ1v) is 33.2. The Bertz CT molecular complexity index is 5480. The molecule has 10 nitrogen and oxygen atoms in total. The van der Waals surface area contributed by atoms with Crippen LogP contribution in [0.4, 0.5) is 74.6 Å². The summed E-state index contributed by atoms with van der Waals surface area (Å²) in [4.78, 5) is 41.6. The number of aromatic carboxylic acids is 1. The van der Waals surface area contributed by atoms with Gasteiger partial charge in [-0.05, 0) is 135 Å². The molecule has 15 rings (SSSR count). The van der Waals surface area contributed by atoms with Gasteiger partial charge in [0.1, 0.15) is 11.5 Å². The van der Waals surface area contributed by atoms with Crippen LogP contribution in [-0.2, 0) is 141 Å². The minimum absolute atomic E-state index is 0. The van der Waals surface area contributed by atoms with Gasteiger partial charge in [-0.15, -0.1) is 66.7 Å². The maximum Gasteiger partial charge on any atom is 0.354 e. The summed E-state index contributed by atoms with van der Waals surface area (Å²) in [6, 6.07) is 60.9. The van der Waals surface area contributed by atoms with Crippen molar-refractivity contribution in [3.63, 3.8) is 0 Å². The predicted octanol–water partition coefficient (Wildman–Crippen LogP) is 22.5. The summed E-state index contributed by atoms with van der Waals surface area (Å²) in [7, 11) is 0. The zero-order valence-corrected chi connectivity index (χ0v) is 79.4. The van der Waals surface area contributed by atoms with Crippen LogP contribution >= 0.6 is 0 Å². The average molecular weight is 2920 g/mol. The van der Waals surface area contributed by atoms with Gasteiger partial charge in [0.2, 0.25) is 0 Å². The van der Waals surface area contributed by atoms with Crippen molar-refractivity contribution >= 4 is 5.97 Å². The van der Waals surface area contributed by atoms with Crippen molar-refractivity contribution in [2.45, 2.75) is 34.6 Å². The molecule has 15 aromatic rings. The number of carboxylic acid groups (broad SMARTS) is 1. The third-order valence-corrected chi connectivity index (χ3v) is 14.7. The number of hydrogen-bond donors (Lipinski definition) is 1. The van der Waals surface area contributed by atoms with Gasteiger partial charge in [-0.1, -0.05) is 165 Å². The molecule has 0 aliphatic rings. The second-order valence-electron chi connectivity index (χ2n) is 23.5. The second kappa shape index (κ2) is 54.9. The molecule has 647 valence electrons. The number of nitrogens with zero attached hydrogens (tertiary/aromatic N) is 8. The Labute approximate surface area is 783 Å². The molecule has 0 aliphatic heterocycles. The van der Waals surface area contributed by atoms with Crippen LogP contribution in [0.1, 0.15) is 38.7 Å². The molecular weight excluding hydrogens is 2870 g/mol. The topological polar surface area (TPSA) is 140 Å². The Balaban J connectivity index is 0.000000694. The first kappa shape index (κ1) is 111. The van der Waals surface area contributed by atoms with Gasteiger partial charge in [0, 0.05) is 259 Å². The van der Waals surface area contributed by atoms with Gasteiger partial charge in [-0.2, -0.15) is 0 Å². The number of hydrogen-bond acceptors (Lipinski definition) is 9. The fraction of sp³-hybridized carbons (Fsp3) is 0.0568. The Morgan fingerprint density at radius 2 is 0.590 bits per heavy atom. The summed E-state index contributed by atoms with van der Waals surface area (Å²) in [6.45, 7) is 9.09. The van der Waals surface area contributed by atoms with Crippen molar-refractivity contribution in [3.05, 3.63) is 406 Å². The molecule has 0 saturated carbocycles. The first-order valence-electron chi connectivity index (χ1n) is 33.2. The van der Waals surface area contributed by atoms with Crippen molar-refractivity contribution < 1.29 is 225 Å². The second-order valence-corrected chi connectivity index (χ2v) is 23.5. The summed E-state index contributed by atoms with van der Waals surface area (Å²) < 4.78 is 221. The maximum atomic E-state index is 13.4. The molecule has 8 aromatic heterocycles. The zero-order chi connectivity index (χ0) is 83.4. The summed E-state index contributed by atoms with van der Waals surface area (Å²) >= 11 is 0. The van der Waals surface area contributed by atoms with Crippen LogP contribution in [0.5, 0.6) is 0 Å². The monoisotopic (exact) mass is 2930 g/mol. The number of carbonyl (C=O) groups is 1. The minimum Gasteiger partial charge on any atom is -0.477 e. The summed E-state index contributed by atoms with van der Waals surface area (Å²) in [5, 5.41) is 8.32. The summed E-state index contributed by atoms with van der Waals surface area (Å²) in [5.74, 6) is -14.7. The fourth-order valence-corrected chi connectivity index (χ4v) is 9.46. The molecule has 0 fully saturated rings. The first-order chi connectivity index (χ1) is 54.9. The van der Waals surface area contributed by atoms with Gasteiger partial charge in [0.15, 0.2) is 0 Å². The molecular formula is C88H54F17Ir7N8O2-7. The van der Waals surface area contributed by atoms with Crippen LogP contribution in [0, 0.1) is 176 Å². The van der Waals surface area contributed by atoms with Gasteiger partial charge in [-0.25, -0.2) is 27.3 Å². The molecule has 0 spiro atoms. The molecule has 0 unspecified atom stereocenters.